The zero-order valence-corrected chi connectivity index (χ0v) is 9.04. The Labute approximate surface area is 85.0 Å². The Morgan fingerprint density at radius 1 is 1.36 bits per heavy atom. The van der Waals surface area contributed by atoms with Crippen molar-refractivity contribution in [1.29, 1.82) is 0 Å². The molecule has 0 aliphatic heterocycles. The molecule has 1 fully saturated rings. The van der Waals surface area contributed by atoms with Crippen LogP contribution in [0.15, 0.2) is 6.07 Å². The Bertz CT molecular complexity index is 309. The lowest BCUT2D eigenvalue weighted by Gasteiger charge is -2.09. The SMILES string of the molecule is CNc1nc(C(C)C)cc(C2CC2)n1. The van der Waals surface area contributed by atoms with Crippen molar-refractivity contribution in [2.24, 2.45) is 0 Å². The van der Waals surface area contributed by atoms with Gasteiger partial charge >= 0.3 is 0 Å². The molecular weight excluding hydrogens is 174 g/mol. The lowest BCUT2D eigenvalue weighted by Crippen LogP contribution is -2.04. The van der Waals surface area contributed by atoms with Crippen molar-refractivity contribution in [2.45, 2.75) is 38.5 Å². The van der Waals surface area contributed by atoms with Crippen LogP contribution in [0, 0.1) is 0 Å². The predicted molar refractivity (Wildman–Crippen MR) is 57.6 cm³/mol. The van der Waals surface area contributed by atoms with E-state index >= 15 is 0 Å². The van der Waals surface area contributed by atoms with E-state index in [4.69, 9.17) is 0 Å². The molecule has 14 heavy (non-hydrogen) atoms. The Hall–Kier alpha value is -1.12. The summed E-state index contributed by atoms with van der Waals surface area (Å²) in [6.45, 7) is 4.33. The van der Waals surface area contributed by atoms with Gasteiger partial charge in [-0.25, -0.2) is 9.97 Å². The van der Waals surface area contributed by atoms with E-state index in [-0.39, 0.29) is 0 Å². The molecule has 76 valence electrons. The van der Waals surface area contributed by atoms with E-state index in [2.05, 4.69) is 35.2 Å². The molecule has 1 aromatic heterocycles. The second-order valence-electron chi connectivity index (χ2n) is 4.22. The van der Waals surface area contributed by atoms with Gasteiger partial charge in [-0.2, -0.15) is 0 Å². The van der Waals surface area contributed by atoms with Crippen LogP contribution in [-0.2, 0) is 0 Å². The number of anilines is 1. The first-order valence-electron chi connectivity index (χ1n) is 5.27. The minimum Gasteiger partial charge on any atom is -0.357 e. The van der Waals surface area contributed by atoms with E-state index in [1.54, 1.807) is 0 Å². The minimum atomic E-state index is 0.475. The molecule has 0 spiro atoms. The molecule has 1 N–H and O–H groups in total. The maximum atomic E-state index is 4.47. The Kier molecular flexibility index (Phi) is 2.40. The zero-order chi connectivity index (χ0) is 10.1. The molecular formula is C11H17N3. The molecule has 3 heteroatoms. The molecule has 3 nitrogen and oxygen atoms in total. The molecule has 1 aliphatic carbocycles. The van der Waals surface area contributed by atoms with Gasteiger partial charge < -0.3 is 5.32 Å². The van der Waals surface area contributed by atoms with Crippen LogP contribution in [0.25, 0.3) is 0 Å². The monoisotopic (exact) mass is 191 g/mol. The summed E-state index contributed by atoms with van der Waals surface area (Å²) in [5.74, 6) is 1.93. The summed E-state index contributed by atoms with van der Waals surface area (Å²) < 4.78 is 0. The van der Waals surface area contributed by atoms with Crippen LogP contribution in [0.2, 0.25) is 0 Å². The number of aromatic nitrogens is 2. The maximum absolute atomic E-state index is 4.47. The normalized spacial score (nSPS) is 16.0. The summed E-state index contributed by atoms with van der Waals surface area (Å²) in [7, 11) is 1.87. The summed E-state index contributed by atoms with van der Waals surface area (Å²) in [6.07, 6.45) is 2.58. The van der Waals surface area contributed by atoms with E-state index in [1.807, 2.05) is 7.05 Å². The average molecular weight is 191 g/mol. The third kappa shape index (κ3) is 1.86. The van der Waals surface area contributed by atoms with Crippen LogP contribution >= 0.6 is 0 Å². The van der Waals surface area contributed by atoms with E-state index < -0.39 is 0 Å². The van der Waals surface area contributed by atoms with Crippen LogP contribution in [0.3, 0.4) is 0 Å². The topological polar surface area (TPSA) is 37.8 Å². The molecule has 0 radical (unpaired) electrons. The highest BCUT2D eigenvalue weighted by molar-refractivity contribution is 5.31. The highest BCUT2D eigenvalue weighted by Gasteiger charge is 2.26. The molecule has 0 saturated heterocycles. The summed E-state index contributed by atoms with van der Waals surface area (Å²) in [5.41, 5.74) is 2.36. The smallest absolute Gasteiger partial charge is 0.222 e. The van der Waals surface area contributed by atoms with Crippen LogP contribution in [0.1, 0.15) is 49.9 Å². The molecule has 1 aliphatic rings. The van der Waals surface area contributed by atoms with Gasteiger partial charge in [-0.05, 0) is 24.8 Å². The first-order chi connectivity index (χ1) is 6.70. The number of hydrogen-bond donors (Lipinski definition) is 1. The molecule has 2 rings (SSSR count). The third-order valence-electron chi connectivity index (χ3n) is 2.58. The lowest BCUT2D eigenvalue weighted by atomic mass is 10.1. The van der Waals surface area contributed by atoms with Crippen molar-refractivity contribution in [3.63, 3.8) is 0 Å². The first kappa shape index (κ1) is 9.44. The molecule has 0 atom stereocenters. The molecule has 1 aromatic rings. The van der Waals surface area contributed by atoms with Crippen molar-refractivity contribution < 1.29 is 0 Å². The number of hydrogen-bond acceptors (Lipinski definition) is 3. The Morgan fingerprint density at radius 2 is 2.07 bits per heavy atom. The minimum absolute atomic E-state index is 0.475. The molecule has 1 saturated carbocycles. The quantitative estimate of drug-likeness (QED) is 0.797. The van der Waals surface area contributed by atoms with Gasteiger partial charge in [-0.3, -0.25) is 0 Å². The van der Waals surface area contributed by atoms with Gasteiger partial charge in [0.2, 0.25) is 5.95 Å². The highest BCUT2D eigenvalue weighted by atomic mass is 15.1. The Morgan fingerprint density at radius 3 is 2.57 bits per heavy atom. The Balaban J connectivity index is 2.35. The predicted octanol–water partition coefficient (Wildman–Crippen LogP) is 2.52. The van der Waals surface area contributed by atoms with Gasteiger partial charge in [0.25, 0.3) is 0 Å². The van der Waals surface area contributed by atoms with Crippen molar-refractivity contribution in [2.75, 3.05) is 12.4 Å². The second-order valence-corrected chi connectivity index (χ2v) is 4.22. The van der Waals surface area contributed by atoms with Gasteiger partial charge in [0.1, 0.15) is 0 Å². The van der Waals surface area contributed by atoms with Crippen molar-refractivity contribution in [3.8, 4) is 0 Å². The summed E-state index contributed by atoms with van der Waals surface area (Å²) >= 11 is 0. The third-order valence-corrected chi connectivity index (χ3v) is 2.58. The number of rotatable bonds is 3. The fraction of sp³-hybridized carbons (Fsp3) is 0.636. The van der Waals surface area contributed by atoms with Crippen molar-refractivity contribution in [1.82, 2.24) is 9.97 Å². The van der Waals surface area contributed by atoms with Gasteiger partial charge in [-0.15, -0.1) is 0 Å². The van der Waals surface area contributed by atoms with Gasteiger partial charge in [0, 0.05) is 24.4 Å². The lowest BCUT2D eigenvalue weighted by molar-refractivity contribution is 0.804. The second kappa shape index (κ2) is 3.56. The maximum Gasteiger partial charge on any atom is 0.222 e. The van der Waals surface area contributed by atoms with Gasteiger partial charge in [0.15, 0.2) is 0 Å². The van der Waals surface area contributed by atoms with Gasteiger partial charge in [0.05, 0.1) is 0 Å². The summed E-state index contributed by atoms with van der Waals surface area (Å²) in [4.78, 5) is 8.91. The van der Waals surface area contributed by atoms with E-state index in [1.165, 1.54) is 18.5 Å². The molecule has 0 aromatic carbocycles. The van der Waals surface area contributed by atoms with Crippen LogP contribution in [-0.4, -0.2) is 17.0 Å². The highest BCUT2D eigenvalue weighted by Crippen LogP contribution is 2.39. The van der Waals surface area contributed by atoms with E-state index in [9.17, 15) is 0 Å². The summed E-state index contributed by atoms with van der Waals surface area (Å²) in [6, 6.07) is 2.16. The zero-order valence-electron chi connectivity index (χ0n) is 9.04. The number of nitrogens with one attached hydrogen (secondary N) is 1. The fourth-order valence-electron chi connectivity index (χ4n) is 1.48. The molecule has 1 heterocycles. The van der Waals surface area contributed by atoms with Crippen LogP contribution in [0.5, 0.6) is 0 Å². The largest absolute Gasteiger partial charge is 0.357 e. The van der Waals surface area contributed by atoms with E-state index in [0.29, 0.717) is 11.8 Å². The van der Waals surface area contributed by atoms with Crippen LogP contribution in [0.4, 0.5) is 5.95 Å². The average Bonchev–Trinajstić information content (AvgIpc) is 3.00. The van der Waals surface area contributed by atoms with Gasteiger partial charge in [-0.1, -0.05) is 13.8 Å². The van der Waals surface area contributed by atoms with Crippen molar-refractivity contribution >= 4 is 5.95 Å². The summed E-state index contributed by atoms with van der Waals surface area (Å²) in [5, 5.41) is 3.02. The number of nitrogens with zero attached hydrogens (tertiary/aromatic N) is 2. The molecule has 0 amide bonds. The fourth-order valence-corrected chi connectivity index (χ4v) is 1.48. The molecule has 0 unspecified atom stereocenters. The standard InChI is InChI=1S/C11H17N3/c1-7(2)9-6-10(8-4-5-8)14-11(12-3)13-9/h6-8H,4-5H2,1-3H3,(H,12,13,14). The van der Waals surface area contributed by atoms with Crippen LogP contribution < -0.4 is 5.32 Å². The first-order valence-corrected chi connectivity index (χ1v) is 5.27. The van der Waals surface area contributed by atoms with E-state index in [0.717, 1.165) is 11.6 Å². The molecule has 0 bridgehead atoms. The van der Waals surface area contributed by atoms with Crippen molar-refractivity contribution in [3.05, 3.63) is 17.5 Å².